The van der Waals surface area contributed by atoms with Gasteiger partial charge in [0.1, 0.15) is 11.5 Å². The first-order valence-electron chi connectivity index (χ1n) is 7.28. The first kappa shape index (κ1) is 14.4. The van der Waals surface area contributed by atoms with E-state index in [9.17, 15) is 0 Å². The highest BCUT2D eigenvalue weighted by atomic mass is 16.5. The van der Waals surface area contributed by atoms with Crippen LogP contribution >= 0.6 is 0 Å². The zero-order chi connectivity index (χ0) is 14.0. The van der Waals surface area contributed by atoms with Crippen molar-refractivity contribution >= 4 is 0 Å². The molecule has 0 fully saturated rings. The second kappa shape index (κ2) is 8.26. The molecule has 0 spiro atoms. The highest BCUT2D eigenvalue weighted by Gasteiger charge is 1.97. The van der Waals surface area contributed by atoms with Gasteiger partial charge >= 0.3 is 0 Å². The van der Waals surface area contributed by atoms with E-state index in [1.807, 2.05) is 36.4 Å². The van der Waals surface area contributed by atoms with E-state index in [1.54, 1.807) is 0 Å². The van der Waals surface area contributed by atoms with Crippen LogP contribution in [0.15, 0.2) is 54.6 Å². The second-order valence-corrected chi connectivity index (χ2v) is 4.76. The minimum atomic E-state index is 0.679. The molecular weight excluding hydrogens is 248 g/mol. The minimum Gasteiger partial charge on any atom is -0.493 e. The van der Waals surface area contributed by atoms with E-state index in [4.69, 9.17) is 9.47 Å². The van der Waals surface area contributed by atoms with Crippen LogP contribution in [-0.4, -0.2) is 13.2 Å². The van der Waals surface area contributed by atoms with Crippen molar-refractivity contribution in [3.63, 3.8) is 0 Å². The maximum atomic E-state index is 5.75. The number of hydrogen-bond donors (Lipinski definition) is 0. The third-order valence-corrected chi connectivity index (χ3v) is 3.01. The summed E-state index contributed by atoms with van der Waals surface area (Å²) in [6, 6.07) is 18.2. The maximum absolute atomic E-state index is 5.75. The van der Waals surface area contributed by atoms with E-state index in [0.29, 0.717) is 13.2 Å². The van der Waals surface area contributed by atoms with Gasteiger partial charge in [0.15, 0.2) is 0 Å². The molecule has 0 unspecified atom stereocenters. The van der Waals surface area contributed by atoms with Crippen LogP contribution < -0.4 is 9.47 Å². The molecule has 2 heteroatoms. The van der Waals surface area contributed by atoms with E-state index in [0.717, 1.165) is 30.8 Å². The van der Waals surface area contributed by atoms with Crippen LogP contribution in [0, 0.1) is 0 Å². The van der Waals surface area contributed by atoms with Gasteiger partial charge in [-0.25, -0.2) is 0 Å². The Morgan fingerprint density at radius 3 is 2.25 bits per heavy atom. The van der Waals surface area contributed by atoms with E-state index in [-0.39, 0.29) is 0 Å². The number of benzene rings is 2. The van der Waals surface area contributed by atoms with Gasteiger partial charge in [-0.2, -0.15) is 0 Å². The van der Waals surface area contributed by atoms with Gasteiger partial charge in [0.05, 0.1) is 13.2 Å². The summed E-state index contributed by atoms with van der Waals surface area (Å²) in [5.41, 5.74) is 1.34. The SMILES string of the molecule is CCCc1cccc(OCCCOc2ccccc2)c1. The molecule has 2 nitrogen and oxygen atoms in total. The molecule has 0 N–H and O–H groups in total. The zero-order valence-electron chi connectivity index (χ0n) is 12.0. The van der Waals surface area contributed by atoms with Gasteiger partial charge in [-0.3, -0.25) is 0 Å². The van der Waals surface area contributed by atoms with Crippen LogP contribution in [0.1, 0.15) is 25.3 Å². The fraction of sp³-hybridized carbons (Fsp3) is 0.333. The Bertz CT molecular complexity index is 494. The number of aryl methyl sites for hydroxylation is 1. The number of hydrogen-bond acceptors (Lipinski definition) is 2. The van der Waals surface area contributed by atoms with Crippen molar-refractivity contribution in [2.24, 2.45) is 0 Å². The van der Waals surface area contributed by atoms with Crippen molar-refractivity contribution in [2.75, 3.05) is 13.2 Å². The van der Waals surface area contributed by atoms with Crippen molar-refractivity contribution in [2.45, 2.75) is 26.2 Å². The van der Waals surface area contributed by atoms with Crippen LogP contribution in [0.3, 0.4) is 0 Å². The van der Waals surface area contributed by atoms with Gasteiger partial charge in [0, 0.05) is 6.42 Å². The molecule has 0 aliphatic heterocycles. The molecule has 0 aliphatic rings. The molecule has 2 rings (SSSR count). The van der Waals surface area contributed by atoms with Crippen molar-refractivity contribution < 1.29 is 9.47 Å². The normalized spacial score (nSPS) is 10.2. The van der Waals surface area contributed by atoms with Gasteiger partial charge in [0.25, 0.3) is 0 Å². The van der Waals surface area contributed by atoms with Crippen LogP contribution in [0.2, 0.25) is 0 Å². The molecule has 2 aromatic carbocycles. The quantitative estimate of drug-likeness (QED) is 0.658. The van der Waals surface area contributed by atoms with E-state index < -0.39 is 0 Å². The Morgan fingerprint density at radius 2 is 1.50 bits per heavy atom. The summed E-state index contributed by atoms with van der Waals surface area (Å²) >= 11 is 0. The van der Waals surface area contributed by atoms with E-state index in [2.05, 4.69) is 25.1 Å². The van der Waals surface area contributed by atoms with Crippen LogP contribution in [0.5, 0.6) is 11.5 Å². The van der Waals surface area contributed by atoms with Crippen LogP contribution in [0.25, 0.3) is 0 Å². The Labute approximate surface area is 121 Å². The molecule has 0 aromatic heterocycles. The summed E-state index contributed by atoms with van der Waals surface area (Å²) in [6.45, 7) is 3.55. The first-order valence-corrected chi connectivity index (χ1v) is 7.28. The Kier molecular flexibility index (Phi) is 5.97. The highest BCUT2D eigenvalue weighted by Crippen LogP contribution is 2.15. The average Bonchev–Trinajstić information content (AvgIpc) is 2.49. The minimum absolute atomic E-state index is 0.679. The fourth-order valence-electron chi connectivity index (χ4n) is 2.04. The summed E-state index contributed by atoms with van der Waals surface area (Å²) in [7, 11) is 0. The van der Waals surface area contributed by atoms with Crippen molar-refractivity contribution in [1.29, 1.82) is 0 Å². The second-order valence-electron chi connectivity index (χ2n) is 4.76. The molecule has 0 atom stereocenters. The summed E-state index contributed by atoms with van der Waals surface area (Å²) in [4.78, 5) is 0. The molecule has 2 aromatic rings. The highest BCUT2D eigenvalue weighted by molar-refractivity contribution is 5.28. The summed E-state index contributed by atoms with van der Waals surface area (Å²) in [5.74, 6) is 1.87. The summed E-state index contributed by atoms with van der Waals surface area (Å²) in [6.07, 6.45) is 3.15. The smallest absolute Gasteiger partial charge is 0.119 e. The molecule has 0 heterocycles. The van der Waals surface area contributed by atoms with Gasteiger partial charge in [0.2, 0.25) is 0 Å². The lowest BCUT2D eigenvalue weighted by Gasteiger charge is -2.09. The maximum Gasteiger partial charge on any atom is 0.119 e. The molecule has 20 heavy (non-hydrogen) atoms. The third kappa shape index (κ3) is 4.96. The summed E-state index contributed by atoms with van der Waals surface area (Å²) < 4.78 is 11.4. The lowest BCUT2D eigenvalue weighted by Crippen LogP contribution is -2.05. The molecule has 0 radical (unpaired) electrons. The lowest BCUT2D eigenvalue weighted by atomic mass is 10.1. The summed E-state index contributed by atoms with van der Waals surface area (Å²) in [5, 5.41) is 0. The molecule has 0 saturated heterocycles. The molecule has 106 valence electrons. The van der Waals surface area contributed by atoms with E-state index >= 15 is 0 Å². The number of rotatable bonds is 8. The van der Waals surface area contributed by atoms with Gasteiger partial charge in [-0.1, -0.05) is 43.7 Å². The molecule has 0 bridgehead atoms. The Balaban J connectivity index is 1.67. The monoisotopic (exact) mass is 270 g/mol. The standard InChI is InChI=1S/C18H22O2/c1-2-8-16-9-6-12-18(15-16)20-14-7-13-19-17-10-4-3-5-11-17/h3-6,9-12,15H,2,7-8,13-14H2,1H3. The Morgan fingerprint density at radius 1 is 0.800 bits per heavy atom. The van der Waals surface area contributed by atoms with Gasteiger partial charge < -0.3 is 9.47 Å². The van der Waals surface area contributed by atoms with E-state index in [1.165, 1.54) is 5.56 Å². The third-order valence-electron chi connectivity index (χ3n) is 3.01. The largest absolute Gasteiger partial charge is 0.493 e. The molecule has 0 saturated carbocycles. The molecule has 0 amide bonds. The van der Waals surface area contributed by atoms with Crippen molar-refractivity contribution in [3.8, 4) is 11.5 Å². The fourth-order valence-corrected chi connectivity index (χ4v) is 2.04. The lowest BCUT2D eigenvalue weighted by molar-refractivity contribution is 0.247. The van der Waals surface area contributed by atoms with Crippen LogP contribution in [0.4, 0.5) is 0 Å². The molecule has 0 aliphatic carbocycles. The van der Waals surface area contributed by atoms with Gasteiger partial charge in [-0.15, -0.1) is 0 Å². The van der Waals surface area contributed by atoms with Crippen molar-refractivity contribution in [1.82, 2.24) is 0 Å². The van der Waals surface area contributed by atoms with Crippen molar-refractivity contribution in [3.05, 3.63) is 60.2 Å². The number of ether oxygens (including phenoxy) is 2. The molecular formula is C18H22O2. The predicted octanol–water partition coefficient (Wildman–Crippen LogP) is 4.49. The average molecular weight is 270 g/mol. The Hall–Kier alpha value is -1.96. The van der Waals surface area contributed by atoms with Crippen LogP contribution in [-0.2, 0) is 6.42 Å². The number of para-hydroxylation sites is 1. The predicted molar refractivity (Wildman–Crippen MR) is 82.5 cm³/mol. The first-order chi connectivity index (χ1) is 9.88. The van der Waals surface area contributed by atoms with Gasteiger partial charge in [-0.05, 0) is 36.2 Å². The topological polar surface area (TPSA) is 18.5 Å². The zero-order valence-corrected chi connectivity index (χ0v) is 12.0.